The Balaban J connectivity index is 2.14. The van der Waals surface area contributed by atoms with Crippen molar-refractivity contribution in [2.45, 2.75) is 22.6 Å². The van der Waals surface area contributed by atoms with Gasteiger partial charge in [0.2, 0.25) is 0 Å². The van der Waals surface area contributed by atoms with E-state index in [4.69, 9.17) is 10.4 Å². The Hall–Kier alpha value is -1.84. The number of aromatic nitrogens is 1. The molecule has 0 atom stereocenters. The smallest absolute Gasteiger partial charge is 0.308 e. The van der Waals surface area contributed by atoms with E-state index in [1.54, 1.807) is 12.1 Å². The number of carbonyl (C=O) groups is 1. The molecular weight excluding hydrogens is 280 g/mol. The summed E-state index contributed by atoms with van der Waals surface area (Å²) in [7, 11) is 0. The molecule has 1 aromatic carbocycles. The van der Waals surface area contributed by atoms with Crippen LogP contribution in [0.5, 0.6) is 0 Å². The van der Waals surface area contributed by atoms with Crippen molar-refractivity contribution in [1.82, 2.24) is 4.98 Å². The van der Waals surface area contributed by atoms with E-state index in [2.05, 4.69) is 11.1 Å². The van der Waals surface area contributed by atoms with E-state index < -0.39 is 5.97 Å². The van der Waals surface area contributed by atoms with Gasteiger partial charge >= 0.3 is 5.97 Å². The first kappa shape index (κ1) is 13.6. The summed E-state index contributed by atoms with van der Waals surface area (Å²) < 4.78 is 0.818. The minimum absolute atomic E-state index is 0.0113. The number of nitrogens with zero attached hydrogens (tertiary/aromatic N) is 2. The number of benzene rings is 1. The summed E-state index contributed by atoms with van der Waals surface area (Å²) in [6.07, 6.45) is 0.0113. The molecule has 1 N–H and O–H groups in total. The molecule has 0 bridgehead atoms. The number of hydrogen-bond donors (Lipinski definition) is 1. The lowest BCUT2D eigenvalue weighted by Gasteiger charge is -1.96. The lowest BCUT2D eigenvalue weighted by Crippen LogP contribution is -1.99. The maximum Gasteiger partial charge on any atom is 0.308 e. The van der Waals surface area contributed by atoms with E-state index in [9.17, 15) is 4.79 Å². The molecule has 0 saturated carbocycles. The molecule has 0 aliphatic rings. The third-order valence-electron chi connectivity index (χ3n) is 2.37. The Kier molecular flexibility index (Phi) is 4.20. The Morgan fingerprint density at radius 1 is 1.47 bits per heavy atom. The van der Waals surface area contributed by atoms with E-state index in [0.29, 0.717) is 5.56 Å². The van der Waals surface area contributed by atoms with Crippen molar-refractivity contribution in [3.63, 3.8) is 0 Å². The average Bonchev–Trinajstić information content (AvgIpc) is 2.70. The Bertz CT molecular complexity index is 642. The zero-order valence-corrected chi connectivity index (χ0v) is 11.7. The molecule has 6 heteroatoms. The van der Waals surface area contributed by atoms with Crippen LogP contribution in [-0.2, 0) is 11.2 Å². The van der Waals surface area contributed by atoms with Gasteiger partial charge in [-0.1, -0.05) is 11.8 Å². The minimum Gasteiger partial charge on any atom is -0.481 e. The van der Waals surface area contributed by atoms with Gasteiger partial charge in [-0.05, 0) is 31.2 Å². The predicted octanol–water partition coefficient (Wildman–Crippen LogP) is 3.10. The van der Waals surface area contributed by atoms with E-state index in [1.165, 1.54) is 23.1 Å². The van der Waals surface area contributed by atoms with Gasteiger partial charge in [0.15, 0.2) is 4.34 Å². The van der Waals surface area contributed by atoms with E-state index in [-0.39, 0.29) is 6.42 Å². The van der Waals surface area contributed by atoms with E-state index in [1.807, 2.05) is 19.1 Å². The number of carboxylic acid groups (broad SMARTS) is 1. The summed E-state index contributed by atoms with van der Waals surface area (Å²) in [5.41, 5.74) is 1.38. The Morgan fingerprint density at radius 3 is 2.74 bits per heavy atom. The van der Waals surface area contributed by atoms with Crippen LogP contribution in [0.2, 0.25) is 0 Å². The monoisotopic (exact) mass is 290 g/mol. The zero-order valence-electron chi connectivity index (χ0n) is 10.1. The van der Waals surface area contributed by atoms with E-state index >= 15 is 0 Å². The van der Waals surface area contributed by atoms with Crippen LogP contribution in [0.3, 0.4) is 0 Å². The summed E-state index contributed by atoms with van der Waals surface area (Å²) in [5.74, 6) is -0.846. The van der Waals surface area contributed by atoms with Crippen molar-refractivity contribution in [3.8, 4) is 6.07 Å². The molecule has 0 spiro atoms. The normalized spacial score (nSPS) is 10.1. The van der Waals surface area contributed by atoms with Gasteiger partial charge in [0.1, 0.15) is 0 Å². The molecule has 2 rings (SSSR count). The molecule has 2 aromatic rings. The van der Waals surface area contributed by atoms with Gasteiger partial charge in [0.05, 0.1) is 23.7 Å². The highest BCUT2D eigenvalue weighted by molar-refractivity contribution is 8.01. The van der Waals surface area contributed by atoms with Gasteiger partial charge in [-0.15, -0.1) is 11.3 Å². The summed E-state index contributed by atoms with van der Waals surface area (Å²) >= 11 is 2.87. The highest BCUT2D eigenvalue weighted by atomic mass is 32.2. The average molecular weight is 290 g/mol. The number of nitriles is 1. The molecule has 1 heterocycles. The first-order valence-electron chi connectivity index (χ1n) is 5.44. The second-order valence-corrected chi connectivity index (χ2v) is 6.20. The van der Waals surface area contributed by atoms with Gasteiger partial charge in [-0.3, -0.25) is 4.79 Å². The highest BCUT2D eigenvalue weighted by Crippen LogP contribution is 2.33. The molecule has 0 saturated heterocycles. The lowest BCUT2D eigenvalue weighted by atomic mass is 10.2. The van der Waals surface area contributed by atoms with Crippen molar-refractivity contribution >= 4 is 29.1 Å². The van der Waals surface area contributed by atoms with Crippen LogP contribution in [0.1, 0.15) is 16.1 Å². The lowest BCUT2D eigenvalue weighted by molar-refractivity contribution is -0.136. The number of rotatable bonds is 4. The molecule has 0 fully saturated rings. The predicted molar refractivity (Wildman–Crippen MR) is 73.5 cm³/mol. The molecule has 0 amide bonds. The minimum atomic E-state index is -0.846. The van der Waals surface area contributed by atoms with Gasteiger partial charge in [0.25, 0.3) is 0 Å². The van der Waals surface area contributed by atoms with Crippen LogP contribution in [0.4, 0.5) is 0 Å². The molecule has 1 aromatic heterocycles. The Labute approximate surface area is 118 Å². The van der Waals surface area contributed by atoms with Crippen LogP contribution < -0.4 is 0 Å². The van der Waals surface area contributed by atoms with Crippen molar-refractivity contribution < 1.29 is 9.90 Å². The number of thiazole rings is 1. The standard InChI is InChI=1S/C13H10N2O2S2/c1-8-11(6-12(16)17)19-13(15-8)18-10-4-2-9(7-14)3-5-10/h2-5H,6H2,1H3,(H,16,17). The molecule has 0 radical (unpaired) electrons. The fraction of sp³-hybridized carbons (Fsp3) is 0.154. The van der Waals surface area contributed by atoms with Crippen molar-refractivity contribution in [1.29, 1.82) is 5.26 Å². The number of carboxylic acids is 1. The van der Waals surface area contributed by atoms with Crippen LogP contribution in [-0.4, -0.2) is 16.1 Å². The molecule has 4 nitrogen and oxygen atoms in total. The van der Waals surface area contributed by atoms with Crippen LogP contribution >= 0.6 is 23.1 Å². The second kappa shape index (κ2) is 5.87. The molecule has 96 valence electrons. The topological polar surface area (TPSA) is 74.0 Å². The van der Waals surface area contributed by atoms with Gasteiger partial charge in [-0.25, -0.2) is 4.98 Å². The summed E-state index contributed by atoms with van der Waals surface area (Å²) in [4.78, 5) is 16.8. The number of aliphatic carboxylic acids is 1. The van der Waals surface area contributed by atoms with Gasteiger partial charge in [0, 0.05) is 9.77 Å². The third-order valence-corrected chi connectivity index (χ3v) is 4.60. The van der Waals surface area contributed by atoms with Gasteiger partial charge in [-0.2, -0.15) is 5.26 Å². The number of hydrogen-bond acceptors (Lipinski definition) is 5. The summed E-state index contributed by atoms with van der Waals surface area (Å²) in [5, 5.41) is 17.5. The molecule has 0 aliphatic carbocycles. The van der Waals surface area contributed by atoms with E-state index in [0.717, 1.165) is 19.8 Å². The maximum atomic E-state index is 10.7. The van der Waals surface area contributed by atoms with Crippen molar-refractivity contribution in [2.24, 2.45) is 0 Å². The molecular formula is C13H10N2O2S2. The van der Waals surface area contributed by atoms with Crippen molar-refractivity contribution in [2.75, 3.05) is 0 Å². The first-order chi connectivity index (χ1) is 9.08. The highest BCUT2D eigenvalue weighted by Gasteiger charge is 2.11. The number of aryl methyl sites for hydroxylation is 1. The van der Waals surface area contributed by atoms with Gasteiger partial charge < -0.3 is 5.11 Å². The maximum absolute atomic E-state index is 10.7. The SMILES string of the molecule is Cc1nc(Sc2ccc(C#N)cc2)sc1CC(=O)O. The quantitative estimate of drug-likeness (QED) is 0.936. The van der Waals surface area contributed by atoms with Crippen molar-refractivity contribution in [3.05, 3.63) is 40.4 Å². The zero-order chi connectivity index (χ0) is 13.8. The fourth-order valence-corrected chi connectivity index (χ4v) is 3.64. The second-order valence-electron chi connectivity index (χ2n) is 3.80. The fourth-order valence-electron chi connectivity index (χ4n) is 1.44. The van der Waals surface area contributed by atoms with Crippen LogP contribution in [0, 0.1) is 18.3 Å². The molecule has 0 unspecified atom stereocenters. The molecule has 0 aliphatic heterocycles. The molecule has 19 heavy (non-hydrogen) atoms. The summed E-state index contributed by atoms with van der Waals surface area (Å²) in [6, 6.07) is 9.28. The third kappa shape index (κ3) is 3.56. The van der Waals surface area contributed by atoms with Crippen LogP contribution in [0.25, 0.3) is 0 Å². The summed E-state index contributed by atoms with van der Waals surface area (Å²) in [6.45, 7) is 1.82. The largest absolute Gasteiger partial charge is 0.481 e. The first-order valence-corrected chi connectivity index (χ1v) is 7.08. The van der Waals surface area contributed by atoms with Crippen LogP contribution in [0.15, 0.2) is 33.5 Å². The Morgan fingerprint density at radius 2 is 2.16 bits per heavy atom.